The van der Waals surface area contributed by atoms with Crippen LogP contribution in [-0.2, 0) is 11.3 Å². The number of hydrogen-bond donors (Lipinski definition) is 1. The molecule has 108 valence electrons. The minimum atomic E-state index is -4.62. The number of nitrogens with zero attached hydrogens (tertiary/aromatic N) is 3. The number of alkyl halides is 3. The molecule has 6 nitrogen and oxygen atoms in total. The van der Waals surface area contributed by atoms with Crippen molar-refractivity contribution in [1.82, 2.24) is 20.3 Å². The van der Waals surface area contributed by atoms with Crippen molar-refractivity contribution >= 4 is 6.09 Å². The van der Waals surface area contributed by atoms with E-state index in [2.05, 4.69) is 10.2 Å². The Hall–Kier alpha value is -1.80. The van der Waals surface area contributed by atoms with Gasteiger partial charge in [0.15, 0.2) is 0 Å². The van der Waals surface area contributed by atoms with Crippen LogP contribution in [-0.4, -0.2) is 38.9 Å². The van der Waals surface area contributed by atoms with E-state index in [0.29, 0.717) is 0 Å². The molecule has 19 heavy (non-hydrogen) atoms. The number of rotatable bonds is 3. The van der Waals surface area contributed by atoms with Gasteiger partial charge < -0.3 is 10.1 Å². The maximum atomic E-state index is 12.8. The van der Waals surface area contributed by atoms with E-state index in [1.165, 1.54) is 12.4 Å². The van der Waals surface area contributed by atoms with Gasteiger partial charge >= 0.3 is 12.3 Å². The zero-order chi connectivity index (χ0) is 14.7. The van der Waals surface area contributed by atoms with Gasteiger partial charge in [-0.1, -0.05) is 0 Å². The smallest absolute Gasteiger partial charge is 0.410 e. The van der Waals surface area contributed by atoms with Crippen molar-refractivity contribution < 1.29 is 22.7 Å². The van der Waals surface area contributed by atoms with Gasteiger partial charge in [-0.25, -0.2) is 4.79 Å². The second kappa shape index (κ2) is 5.45. The van der Waals surface area contributed by atoms with Crippen LogP contribution in [0.25, 0.3) is 0 Å². The van der Waals surface area contributed by atoms with E-state index in [4.69, 9.17) is 4.74 Å². The molecule has 0 fully saturated rings. The Morgan fingerprint density at radius 2 is 1.84 bits per heavy atom. The van der Waals surface area contributed by atoms with Crippen LogP contribution in [0.15, 0.2) is 12.4 Å². The Morgan fingerprint density at radius 3 is 2.26 bits per heavy atom. The number of carbonyl (C=O) groups excluding carboxylic acids is 1. The number of halogens is 3. The fourth-order valence-corrected chi connectivity index (χ4v) is 1.18. The summed E-state index contributed by atoms with van der Waals surface area (Å²) in [5.74, 6) is 0. The fourth-order valence-electron chi connectivity index (χ4n) is 1.18. The molecule has 9 heteroatoms. The molecule has 1 aromatic rings. The lowest BCUT2D eigenvalue weighted by molar-refractivity contribution is -0.159. The molecular weight excluding hydrogens is 265 g/mol. The van der Waals surface area contributed by atoms with Gasteiger partial charge in [-0.3, -0.25) is 0 Å². The van der Waals surface area contributed by atoms with Crippen LogP contribution in [0.1, 0.15) is 20.8 Å². The largest absolute Gasteiger partial charge is 0.444 e. The number of ether oxygens (including phenoxy) is 1. The first kappa shape index (κ1) is 15.3. The highest BCUT2D eigenvalue weighted by Gasteiger charge is 2.42. The normalized spacial score (nSPS) is 14.0. The molecule has 1 heterocycles. The molecular formula is C10H15F3N4O2. The van der Waals surface area contributed by atoms with Crippen molar-refractivity contribution in [2.75, 3.05) is 0 Å². The summed E-state index contributed by atoms with van der Waals surface area (Å²) in [5.41, 5.74) is -0.871. The predicted octanol–water partition coefficient (Wildman–Crippen LogP) is 1.73. The summed E-state index contributed by atoms with van der Waals surface area (Å²) in [5, 5.41) is 8.89. The lowest BCUT2D eigenvalue weighted by Crippen LogP contribution is -2.49. The monoisotopic (exact) mass is 280 g/mol. The number of hydrogen-bond acceptors (Lipinski definition) is 4. The van der Waals surface area contributed by atoms with Crippen LogP contribution in [0.3, 0.4) is 0 Å². The number of amides is 1. The van der Waals surface area contributed by atoms with Crippen molar-refractivity contribution in [3.63, 3.8) is 0 Å². The number of alkyl carbamates (subject to hydrolysis) is 1. The van der Waals surface area contributed by atoms with E-state index >= 15 is 0 Å². The highest BCUT2D eigenvalue weighted by molar-refractivity contribution is 5.68. The third kappa shape index (κ3) is 5.58. The lowest BCUT2D eigenvalue weighted by Gasteiger charge is -2.24. The van der Waals surface area contributed by atoms with Gasteiger partial charge in [0.05, 0.1) is 18.9 Å². The summed E-state index contributed by atoms with van der Waals surface area (Å²) >= 11 is 0. The van der Waals surface area contributed by atoms with Crippen molar-refractivity contribution in [2.24, 2.45) is 0 Å². The summed E-state index contributed by atoms with van der Waals surface area (Å²) in [6.45, 7) is 4.06. The van der Waals surface area contributed by atoms with Crippen molar-refractivity contribution in [3.8, 4) is 0 Å². The van der Waals surface area contributed by atoms with Gasteiger partial charge in [0.25, 0.3) is 0 Å². The second-order valence-electron chi connectivity index (χ2n) is 4.82. The van der Waals surface area contributed by atoms with Gasteiger partial charge in [0.1, 0.15) is 11.6 Å². The number of nitrogens with one attached hydrogen (secondary N) is 1. The van der Waals surface area contributed by atoms with Crippen LogP contribution < -0.4 is 5.32 Å². The molecule has 1 amide bonds. The lowest BCUT2D eigenvalue weighted by atomic mass is 10.2. The molecule has 1 atom stereocenters. The molecule has 0 spiro atoms. The second-order valence-corrected chi connectivity index (χ2v) is 4.82. The third-order valence-corrected chi connectivity index (χ3v) is 1.90. The van der Waals surface area contributed by atoms with E-state index in [-0.39, 0.29) is 0 Å². The van der Waals surface area contributed by atoms with Gasteiger partial charge in [-0.2, -0.15) is 28.2 Å². The minimum absolute atomic E-state index is 0.615. The molecule has 0 bridgehead atoms. The maximum Gasteiger partial charge on any atom is 0.410 e. The number of aromatic nitrogens is 3. The van der Waals surface area contributed by atoms with Crippen molar-refractivity contribution in [3.05, 3.63) is 12.4 Å². The summed E-state index contributed by atoms with van der Waals surface area (Å²) < 4.78 is 43.1. The molecule has 0 aromatic carbocycles. The molecule has 1 rings (SSSR count). The highest BCUT2D eigenvalue weighted by Crippen LogP contribution is 2.21. The molecule has 1 N–H and O–H groups in total. The first-order valence-corrected chi connectivity index (χ1v) is 5.48. The van der Waals surface area contributed by atoms with E-state index in [1.54, 1.807) is 26.1 Å². The van der Waals surface area contributed by atoms with E-state index in [0.717, 1.165) is 4.80 Å². The quantitative estimate of drug-likeness (QED) is 0.915. The topological polar surface area (TPSA) is 69.0 Å². The summed E-state index contributed by atoms with van der Waals surface area (Å²) in [6.07, 6.45) is -3.26. The fraction of sp³-hybridized carbons (Fsp3) is 0.700. The SMILES string of the molecule is CC(C)(C)OC(=O)NC(Cn1nccn1)C(F)(F)F. The third-order valence-electron chi connectivity index (χ3n) is 1.90. The first-order valence-electron chi connectivity index (χ1n) is 5.48. The molecule has 0 aliphatic heterocycles. The summed E-state index contributed by atoms with van der Waals surface area (Å²) in [7, 11) is 0. The summed E-state index contributed by atoms with van der Waals surface area (Å²) in [4.78, 5) is 12.2. The molecule has 0 radical (unpaired) electrons. The number of carbonyl (C=O) groups is 1. The Kier molecular flexibility index (Phi) is 4.38. The van der Waals surface area contributed by atoms with E-state index < -0.39 is 30.5 Å². The van der Waals surface area contributed by atoms with Crippen LogP contribution in [0, 0.1) is 0 Å². The van der Waals surface area contributed by atoms with E-state index in [1.807, 2.05) is 0 Å². The molecule has 0 saturated heterocycles. The zero-order valence-corrected chi connectivity index (χ0v) is 10.7. The first-order chi connectivity index (χ1) is 8.58. The van der Waals surface area contributed by atoms with Crippen LogP contribution >= 0.6 is 0 Å². The molecule has 1 aromatic heterocycles. The Bertz CT molecular complexity index is 411. The van der Waals surface area contributed by atoms with Crippen LogP contribution in [0.5, 0.6) is 0 Å². The standard InChI is InChI=1S/C10H15F3N4O2/c1-9(2,3)19-8(18)16-7(10(11,12)13)6-17-14-4-5-15-17/h4-5,7H,6H2,1-3H3,(H,16,18). The predicted molar refractivity (Wildman–Crippen MR) is 59.2 cm³/mol. The van der Waals surface area contributed by atoms with E-state index in [9.17, 15) is 18.0 Å². The Labute approximate surface area is 107 Å². The zero-order valence-electron chi connectivity index (χ0n) is 10.7. The van der Waals surface area contributed by atoms with Crippen molar-refractivity contribution in [1.29, 1.82) is 0 Å². The minimum Gasteiger partial charge on any atom is -0.444 e. The molecule has 0 aliphatic carbocycles. The van der Waals surface area contributed by atoms with Gasteiger partial charge in [0.2, 0.25) is 0 Å². The van der Waals surface area contributed by atoms with Crippen LogP contribution in [0.2, 0.25) is 0 Å². The molecule has 0 aliphatic rings. The Balaban J connectivity index is 2.68. The Morgan fingerprint density at radius 1 is 1.32 bits per heavy atom. The van der Waals surface area contributed by atoms with Gasteiger partial charge in [0, 0.05) is 0 Å². The van der Waals surface area contributed by atoms with Gasteiger partial charge in [-0.15, -0.1) is 0 Å². The highest BCUT2D eigenvalue weighted by atomic mass is 19.4. The average Bonchev–Trinajstić information content (AvgIpc) is 2.64. The van der Waals surface area contributed by atoms with Crippen molar-refractivity contribution in [2.45, 2.75) is 45.1 Å². The summed E-state index contributed by atoms with van der Waals surface area (Å²) in [6, 6.07) is -2.12. The average molecular weight is 280 g/mol. The van der Waals surface area contributed by atoms with Crippen LogP contribution in [0.4, 0.5) is 18.0 Å². The maximum absolute atomic E-state index is 12.8. The van der Waals surface area contributed by atoms with Gasteiger partial charge in [-0.05, 0) is 20.8 Å². The molecule has 1 unspecified atom stereocenters. The molecule has 0 saturated carbocycles.